The molecule has 0 aliphatic heterocycles. The quantitative estimate of drug-likeness (QED) is 0.731. The fourth-order valence-electron chi connectivity index (χ4n) is 2.17. The molecule has 0 radical (unpaired) electrons. The van der Waals surface area contributed by atoms with E-state index >= 15 is 0 Å². The average molecular weight is 186 g/mol. The maximum atomic E-state index is 8.68. The number of nitrogens with two attached hydrogens (primary N) is 1. The van der Waals surface area contributed by atoms with Gasteiger partial charge < -0.3 is 5.73 Å². The Morgan fingerprint density at radius 3 is 2.21 bits per heavy atom. The maximum Gasteiger partial charge on any atom is 0.0991 e. The van der Waals surface area contributed by atoms with Crippen molar-refractivity contribution in [2.45, 2.75) is 31.2 Å². The number of nitrogens with zero attached hydrogens (tertiary/aromatic N) is 1. The summed E-state index contributed by atoms with van der Waals surface area (Å²) in [5, 5.41) is 8.68. The topological polar surface area (TPSA) is 49.8 Å². The summed E-state index contributed by atoms with van der Waals surface area (Å²) in [5.41, 5.74) is 8.04. The standard InChI is InChI=1S/C12H14N2/c13-9-10-3-5-11(6-4-10)12(14)7-1-2-8-12/h3-6H,1-2,7-8,14H2. The van der Waals surface area contributed by atoms with E-state index in [1.165, 1.54) is 18.4 Å². The van der Waals surface area contributed by atoms with E-state index < -0.39 is 0 Å². The van der Waals surface area contributed by atoms with Crippen LogP contribution in [0.2, 0.25) is 0 Å². The van der Waals surface area contributed by atoms with Crippen LogP contribution < -0.4 is 5.73 Å². The summed E-state index contributed by atoms with van der Waals surface area (Å²) in [6.45, 7) is 0. The second-order valence-electron chi connectivity index (χ2n) is 4.05. The maximum absolute atomic E-state index is 8.68. The predicted molar refractivity (Wildman–Crippen MR) is 55.5 cm³/mol. The second kappa shape index (κ2) is 3.43. The second-order valence-corrected chi connectivity index (χ2v) is 4.05. The lowest BCUT2D eigenvalue weighted by molar-refractivity contribution is 0.462. The van der Waals surface area contributed by atoms with E-state index in [2.05, 4.69) is 6.07 Å². The van der Waals surface area contributed by atoms with Crippen molar-refractivity contribution in [2.24, 2.45) is 5.73 Å². The number of benzene rings is 1. The molecule has 1 fully saturated rings. The first-order valence-corrected chi connectivity index (χ1v) is 5.04. The smallest absolute Gasteiger partial charge is 0.0991 e. The molecule has 1 aromatic rings. The Kier molecular flexibility index (Phi) is 2.26. The molecule has 0 aromatic heterocycles. The molecule has 0 heterocycles. The van der Waals surface area contributed by atoms with Gasteiger partial charge in [0.2, 0.25) is 0 Å². The summed E-state index contributed by atoms with van der Waals surface area (Å²) < 4.78 is 0. The first-order chi connectivity index (χ1) is 6.74. The Labute approximate surface area is 84.3 Å². The number of rotatable bonds is 1. The Balaban J connectivity index is 2.29. The number of nitriles is 1. The molecule has 0 spiro atoms. The summed E-state index contributed by atoms with van der Waals surface area (Å²) in [7, 11) is 0. The molecule has 2 nitrogen and oxygen atoms in total. The van der Waals surface area contributed by atoms with Crippen molar-refractivity contribution in [3.8, 4) is 6.07 Å². The third-order valence-corrected chi connectivity index (χ3v) is 3.08. The van der Waals surface area contributed by atoms with Gasteiger partial charge >= 0.3 is 0 Å². The molecule has 14 heavy (non-hydrogen) atoms. The third-order valence-electron chi connectivity index (χ3n) is 3.08. The van der Waals surface area contributed by atoms with Crippen molar-refractivity contribution < 1.29 is 0 Å². The van der Waals surface area contributed by atoms with E-state index in [0.29, 0.717) is 5.56 Å². The van der Waals surface area contributed by atoms with Gasteiger partial charge in [0, 0.05) is 5.54 Å². The van der Waals surface area contributed by atoms with Crippen LogP contribution in [0, 0.1) is 11.3 Å². The van der Waals surface area contributed by atoms with Crippen LogP contribution >= 0.6 is 0 Å². The molecule has 2 N–H and O–H groups in total. The highest BCUT2D eigenvalue weighted by Gasteiger charge is 2.30. The van der Waals surface area contributed by atoms with Gasteiger partial charge in [0.1, 0.15) is 0 Å². The van der Waals surface area contributed by atoms with E-state index in [4.69, 9.17) is 11.0 Å². The van der Waals surface area contributed by atoms with Gasteiger partial charge in [0.05, 0.1) is 11.6 Å². The Morgan fingerprint density at radius 1 is 1.14 bits per heavy atom. The Morgan fingerprint density at radius 2 is 1.71 bits per heavy atom. The average Bonchev–Trinajstić information content (AvgIpc) is 2.67. The lowest BCUT2D eigenvalue weighted by Gasteiger charge is -2.23. The summed E-state index contributed by atoms with van der Waals surface area (Å²) in [6, 6.07) is 9.80. The lowest BCUT2D eigenvalue weighted by atomic mass is 9.89. The minimum absolute atomic E-state index is 0.131. The molecule has 2 heteroatoms. The first kappa shape index (κ1) is 9.23. The van der Waals surface area contributed by atoms with Gasteiger partial charge in [-0.3, -0.25) is 0 Å². The van der Waals surface area contributed by atoms with Gasteiger partial charge in [-0.05, 0) is 30.5 Å². The van der Waals surface area contributed by atoms with Crippen LogP contribution in [0.25, 0.3) is 0 Å². The van der Waals surface area contributed by atoms with Gasteiger partial charge in [-0.25, -0.2) is 0 Å². The Hall–Kier alpha value is -1.33. The van der Waals surface area contributed by atoms with Crippen LogP contribution in [0.1, 0.15) is 36.8 Å². The van der Waals surface area contributed by atoms with E-state index in [9.17, 15) is 0 Å². The summed E-state index contributed by atoms with van der Waals surface area (Å²) >= 11 is 0. The Bertz CT molecular complexity index is 353. The molecule has 1 saturated carbocycles. The van der Waals surface area contributed by atoms with Crippen LogP contribution in [-0.2, 0) is 5.54 Å². The number of hydrogen-bond donors (Lipinski definition) is 1. The SMILES string of the molecule is N#Cc1ccc(C2(N)CCCC2)cc1. The molecule has 0 amide bonds. The lowest BCUT2D eigenvalue weighted by Crippen LogP contribution is -2.32. The molecule has 0 saturated heterocycles. The molecular formula is C12H14N2. The van der Waals surface area contributed by atoms with Crippen LogP contribution in [0.3, 0.4) is 0 Å². The van der Waals surface area contributed by atoms with Gasteiger partial charge in [0.15, 0.2) is 0 Å². The minimum atomic E-state index is -0.131. The third kappa shape index (κ3) is 1.51. The highest BCUT2D eigenvalue weighted by atomic mass is 14.8. The van der Waals surface area contributed by atoms with Crippen LogP contribution in [0.15, 0.2) is 24.3 Å². The zero-order valence-corrected chi connectivity index (χ0v) is 8.16. The van der Waals surface area contributed by atoms with Crippen molar-refractivity contribution in [1.82, 2.24) is 0 Å². The van der Waals surface area contributed by atoms with Crippen LogP contribution in [0.5, 0.6) is 0 Å². The van der Waals surface area contributed by atoms with Gasteiger partial charge in [-0.15, -0.1) is 0 Å². The van der Waals surface area contributed by atoms with Crippen molar-refractivity contribution in [3.63, 3.8) is 0 Å². The fraction of sp³-hybridized carbons (Fsp3) is 0.417. The van der Waals surface area contributed by atoms with Crippen molar-refractivity contribution in [1.29, 1.82) is 5.26 Å². The molecule has 72 valence electrons. The molecule has 2 rings (SSSR count). The summed E-state index contributed by atoms with van der Waals surface area (Å²) in [4.78, 5) is 0. The highest BCUT2D eigenvalue weighted by Crippen LogP contribution is 2.36. The largest absolute Gasteiger partial charge is 0.321 e. The van der Waals surface area contributed by atoms with Crippen molar-refractivity contribution in [2.75, 3.05) is 0 Å². The van der Waals surface area contributed by atoms with E-state index in [1.54, 1.807) is 0 Å². The monoisotopic (exact) mass is 186 g/mol. The first-order valence-electron chi connectivity index (χ1n) is 5.04. The minimum Gasteiger partial charge on any atom is -0.321 e. The van der Waals surface area contributed by atoms with Gasteiger partial charge in [-0.1, -0.05) is 25.0 Å². The molecule has 0 unspecified atom stereocenters. The number of hydrogen-bond acceptors (Lipinski definition) is 2. The molecule has 1 aliphatic carbocycles. The highest BCUT2D eigenvalue weighted by molar-refractivity contribution is 5.35. The molecule has 1 aliphatic rings. The summed E-state index contributed by atoms with van der Waals surface area (Å²) in [6.07, 6.45) is 4.57. The zero-order chi connectivity index (χ0) is 10.0. The van der Waals surface area contributed by atoms with Gasteiger partial charge in [-0.2, -0.15) is 5.26 Å². The molecular weight excluding hydrogens is 172 g/mol. The van der Waals surface area contributed by atoms with E-state index in [1.807, 2.05) is 24.3 Å². The molecule has 0 bridgehead atoms. The zero-order valence-electron chi connectivity index (χ0n) is 8.16. The van der Waals surface area contributed by atoms with E-state index in [-0.39, 0.29) is 5.54 Å². The van der Waals surface area contributed by atoms with Crippen molar-refractivity contribution in [3.05, 3.63) is 35.4 Å². The summed E-state index contributed by atoms with van der Waals surface area (Å²) in [5.74, 6) is 0. The molecule has 0 atom stereocenters. The fourth-order valence-corrected chi connectivity index (χ4v) is 2.17. The van der Waals surface area contributed by atoms with Gasteiger partial charge in [0.25, 0.3) is 0 Å². The normalized spacial score (nSPS) is 19.1. The predicted octanol–water partition coefficient (Wildman–Crippen LogP) is 2.29. The van der Waals surface area contributed by atoms with Crippen LogP contribution in [-0.4, -0.2) is 0 Å². The van der Waals surface area contributed by atoms with Crippen molar-refractivity contribution >= 4 is 0 Å². The molecule has 1 aromatic carbocycles. The van der Waals surface area contributed by atoms with E-state index in [0.717, 1.165) is 12.8 Å². The van der Waals surface area contributed by atoms with Crippen LogP contribution in [0.4, 0.5) is 0 Å².